The quantitative estimate of drug-likeness (QED) is 0.823. The first-order chi connectivity index (χ1) is 8.51. The largest absolute Gasteiger partial charge is 0.481 e. The third kappa shape index (κ3) is 3.26. The fourth-order valence-electron chi connectivity index (χ4n) is 2.03. The van der Waals surface area contributed by atoms with E-state index in [4.69, 9.17) is 10.8 Å². The highest BCUT2D eigenvalue weighted by molar-refractivity contribution is 5.70. The van der Waals surface area contributed by atoms with E-state index in [0.29, 0.717) is 6.42 Å². The lowest BCUT2D eigenvalue weighted by molar-refractivity contribution is -0.141. The van der Waals surface area contributed by atoms with Crippen LogP contribution in [0.2, 0.25) is 0 Å². The second-order valence-corrected chi connectivity index (χ2v) is 4.25. The van der Waals surface area contributed by atoms with E-state index in [1.54, 1.807) is 6.92 Å². The molecule has 1 aromatic carbocycles. The van der Waals surface area contributed by atoms with Crippen LogP contribution in [-0.4, -0.2) is 17.6 Å². The summed E-state index contributed by atoms with van der Waals surface area (Å²) in [5.41, 5.74) is 5.32. The van der Waals surface area contributed by atoms with Crippen molar-refractivity contribution in [2.75, 3.05) is 6.54 Å². The van der Waals surface area contributed by atoms with E-state index in [0.717, 1.165) is 0 Å². The molecule has 1 aromatic rings. The van der Waals surface area contributed by atoms with Crippen LogP contribution in [-0.2, 0) is 4.79 Å². The van der Waals surface area contributed by atoms with Crippen LogP contribution >= 0.6 is 0 Å². The van der Waals surface area contributed by atoms with E-state index in [1.165, 1.54) is 18.2 Å². The Bertz CT molecular complexity index is 403. The van der Waals surface area contributed by atoms with Gasteiger partial charge >= 0.3 is 5.97 Å². The molecule has 18 heavy (non-hydrogen) atoms. The number of carboxylic acids is 1. The monoisotopic (exact) mass is 257 g/mol. The highest BCUT2D eigenvalue weighted by Crippen LogP contribution is 2.30. The topological polar surface area (TPSA) is 63.3 Å². The molecule has 0 aromatic heterocycles. The molecule has 0 spiro atoms. The SMILES string of the molecule is CCC(CC(CN)C(=O)O)c1c(F)cccc1F. The number of halogens is 2. The molecule has 0 radical (unpaired) electrons. The number of benzene rings is 1. The van der Waals surface area contributed by atoms with Crippen LogP contribution in [0.25, 0.3) is 0 Å². The minimum Gasteiger partial charge on any atom is -0.481 e. The molecule has 1 rings (SSSR count). The first kappa shape index (κ1) is 14.6. The standard InChI is InChI=1S/C13H17F2NO2/c1-2-8(6-9(7-16)13(17)18)12-10(14)4-3-5-11(12)15/h3-5,8-9H,2,6-7,16H2,1H3,(H,17,18). The van der Waals surface area contributed by atoms with Crippen LogP contribution in [0, 0.1) is 17.6 Å². The lowest BCUT2D eigenvalue weighted by Gasteiger charge is -2.20. The zero-order chi connectivity index (χ0) is 13.7. The van der Waals surface area contributed by atoms with E-state index < -0.39 is 29.4 Å². The van der Waals surface area contributed by atoms with Crippen LogP contribution in [0.15, 0.2) is 18.2 Å². The van der Waals surface area contributed by atoms with Gasteiger partial charge in [0.05, 0.1) is 5.92 Å². The van der Waals surface area contributed by atoms with Gasteiger partial charge in [-0.3, -0.25) is 4.79 Å². The summed E-state index contributed by atoms with van der Waals surface area (Å²) >= 11 is 0. The van der Waals surface area contributed by atoms with E-state index in [2.05, 4.69) is 0 Å². The average molecular weight is 257 g/mol. The zero-order valence-corrected chi connectivity index (χ0v) is 10.2. The maximum Gasteiger partial charge on any atom is 0.307 e. The van der Waals surface area contributed by atoms with E-state index in [-0.39, 0.29) is 18.5 Å². The first-order valence-corrected chi connectivity index (χ1v) is 5.88. The van der Waals surface area contributed by atoms with Gasteiger partial charge in [-0.15, -0.1) is 0 Å². The lowest BCUT2D eigenvalue weighted by atomic mass is 9.86. The van der Waals surface area contributed by atoms with Crippen LogP contribution < -0.4 is 5.73 Å². The third-order valence-electron chi connectivity index (χ3n) is 3.10. The van der Waals surface area contributed by atoms with Crippen molar-refractivity contribution in [3.05, 3.63) is 35.4 Å². The first-order valence-electron chi connectivity index (χ1n) is 5.88. The molecule has 2 atom stereocenters. The summed E-state index contributed by atoms with van der Waals surface area (Å²) in [4.78, 5) is 10.9. The van der Waals surface area contributed by atoms with Crippen molar-refractivity contribution in [3.8, 4) is 0 Å². The normalized spacial score (nSPS) is 14.2. The van der Waals surface area contributed by atoms with Gasteiger partial charge in [0.25, 0.3) is 0 Å². The summed E-state index contributed by atoms with van der Waals surface area (Å²) < 4.78 is 27.2. The van der Waals surface area contributed by atoms with Gasteiger partial charge < -0.3 is 10.8 Å². The van der Waals surface area contributed by atoms with Crippen molar-refractivity contribution in [1.82, 2.24) is 0 Å². The second-order valence-electron chi connectivity index (χ2n) is 4.25. The molecule has 0 heterocycles. The Kier molecular flexibility index (Phi) is 5.22. The number of carbonyl (C=O) groups is 1. The summed E-state index contributed by atoms with van der Waals surface area (Å²) in [6.07, 6.45) is 0.599. The molecule has 0 saturated heterocycles. The molecular formula is C13H17F2NO2. The van der Waals surface area contributed by atoms with Gasteiger partial charge in [-0.05, 0) is 30.9 Å². The van der Waals surface area contributed by atoms with Crippen molar-refractivity contribution in [3.63, 3.8) is 0 Å². The van der Waals surface area contributed by atoms with E-state index in [1.807, 2.05) is 0 Å². The summed E-state index contributed by atoms with van der Waals surface area (Å²) in [7, 11) is 0. The summed E-state index contributed by atoms with van der Waals surface area (Å²) in [5.74, 6) is -3.57. The second kappa shape index (κ2) is 6.44. The molecule has 0 aliphatic rings. The molecule has 100 valence electrons. The minimum atomic E-state index is -1.03. The molecular weight excluding hydrogens is 240 g/mol. The van der Waals surface area contributed by atoms with E-state index >= 15 is 0 Å². The summed E-state index contributed by atoms with van der Waals surface area (Å²) in [6, 6.07) is 3.65. The lowest BCUT2D eigenvalue weighted by Crippen LogP contribution is -2.25. The van der Waals surface area contributed by atoms with Crippen LogP contribution in [0.3, 0.4) is 0 Å². The maximum atomic E-state index is 13.6. The molecule has 0 amide bonds. The molecule has 0 aliphatic heterocycles. The fourth-order valence-corrected chi connectivity index (χ4v) is 2.03. The van der Waals surface area contributed by atoms with Gasteiger partial charge in [-0.2, -0.15) is 0 Å². The number of hydrogen-bond donors (Lipinski definition) is 2. The summed E-state index contributed by atoms with van der Waals surface area (Å²) in [6.45, 7) is 1.73. The van der Waals surface area contributed by atoms with Gasteiger partial charge in [0.1, 0.15) is 11.6 Å². The van der Waals surface area contributed by atoms with Crippen molar-refractivity contribution in [2.24, 2.45) is 11.7 Å². The number of carboxylic acid groups (broad SMARTS) is 1. The Labute approximate surface area is 105 Å². The average Bonchev–Trinajstić information content (AvgIpc) is 2.32. The van der Waals surface area contributed by atoms with Crippen molar-refractivity contribution >= 4 is 5.97 Å². The number of rotatable bonds is 6. The molecule has 0 bridgehead atoms. The number of hydrogen-bond acceptors (Lipinski definition) is 2. The molecule has 0 aliphatic carbocycles. The summed E-state index contributed by atoms with van der Waals surface area (Å²) in [5, 5.41) is 8.94. The molecule has 3 N–H and O–H groups in total. The van der Waals surface area contributed by atoms with Gasteiger partial charge in [-0.1, -0.05) is 13.0 Å². The Balaban J connectivity index is 2.99. The van der Waals surface area contributed by atoms with Crippen molar-refractivity contribution in [1.29, 1.82) is 0 Å². The predicted molar refractivity (Wildman–Crippen MR) is 64.2 cm³/mol. The number of nitrogens with two attached hydrogens (primary N) is 1. The van der Waals surface area contributed by atoms with Gasteiger partial charge in [0.15, 0.2) is 0 Å². The predicted octanol–water partition coefficient (Wildman–Crippen LogP) is 2.51. The molecule has 3 nitrogen and oxygen atoms in total. The molecule has 0 fully saturated rings. The molecule has 2 unspecified atom stereocenters. The minimum absolute atomic E-state index is 0.0398. The van der Waals surface area contributed by atoms with Gasteiger partial charge in [0, 0.05) is 12.1 Å². The van der Waals surface area contributed by atoms with Crippen LogP contribution in [0.5, 0.6) is 0 Å². The van der Waals surface area contributed by atoms with Gasteiger partial charge in [0.2, 0.25) is 0 Å². The third-order valence-corrected chi connectivity index (χ3v) is 3.10. The highest BCUT2D eigenvalue weighted by Gasteiger charge is 2.25. The Morgan fingerprint density at radius 3 is 2.33 bits per heavy atom. The van der Waals surface area contributed by atoms with Crippen molar-refractivity contribution in [2.45, 2.75) is 25.7 Å². The Morgan fingerprint density at radius 2 is 1.94 bits per heavy atom. The van der Waals surface area contributed by atoms with Crippen LogP contribution in [0.4, 0.5) is 8.78 Å². The number of aliphatic carboxylic acids is 1. The van der Waals surface area contributed by atoms with Gasteiger partial charge in [-0.25, -0.2) is 8.78 Å². The van der Waals surface area contributed by atoms with Crippen molar-refractivity contribution < 1.29 is 18.7 Å². The van der Waals surface area contributed by atoms with Crippen LogP contribution in [0.1, 0.15) is 31.2 Å². The smallest absolute Gasteiger partial charge is 0.307 e. The molecule has 0 saturated carbocycles. The molecule has 5 heteroatoms. The Morgan fingerprint density at radius 1 is 1.39 bits per heavy atom. The fraction of sp³-hybridized carbons (Fsp3) is 0.462. The van der Waals surface area contributed by atoms with E-state index in [9.17, 15) is 13.6 Å². The maximum absolute atomic E-state index is 13.6. The zero-order valence-electron chi connectivity index (χ0n) is 10.2. The highest BCUT2D eigenvalue weighted by atomic mass is 19.1. The Hall–Kier alpha value is -1.49.